The van der Waals surface area contributed by atoms with Gasteiger partial charge in [0.25, 0.3) is 0 Å². The first-order chi connectivity index (χ1) is 10.2. The number of hydrogen-bond acceptors (Lipinski definition) is 3. The van der Waals surface area contributed by atoms with Crippen LogP contribution < -0.4 is 11.1 Å². The number of primary amides is 1. The van der Waals surface area contributed by atoms with E-state index >= 15 is 0 Å². The molecule has 0 aromatic heterocycles. The maximum absolute atomic E-state index is 12.3. The third kappa shape index (κ3) is 2.47. The predicted molar refractivity (Wildman–Crippen MR) is 81.4 cm³/mol. The van der Waals surface area contributed by atoms with Gasteiger partial charge in [-0.1, -0.05) is 24.3 Å². The van der Waals surface area contributed by atoms with Gasteiger partial charge in [0.2, 0.25) is 5.91 Å². The first-order valence-corrected chi connectivity index (χ1v) is 8.04. The number of nitrogens with zero attached hydrogens (tertiary/aromatic N) is 1. The van der Waals surface area contributed by atoms with Crippen molar-refractivity contribution < 1.29 is 4.79 Å². The summed E-state index contributed by atoms with van der Waals surface area (Å²) in [5, 5.41) is 3.60. The van der Waals surface area contributed by atoms with Gasteiger partial charge in [-0.05, 0) is 42.7 Å². The third-order valence-electron chi connectivity index (χ3n) is 5.13. The molecule has 0 radical (unpaired) electrons. The van der Waals surface area contributed by atoms with Crippen LogP contribution in [-0.2, 0) is 17.9 Å². The number of amides is 1. The summed E-state index contributed by atoms with van der Waals surface area (Å²) in [6, 6.07) is 9.06. The van der Waals surface area contributed by atoms with Crippen molar-refractivity contribution in [3.05, 3.63) is 35.4 Å². The van der Waals surface area contributed by atoms with Crippen molar-refractivity contribution in [2.45, 2.75) is 50.4 Å². The molecule has 2 fully saturated rings. The molecule has 4 rings (SSSR count). The molecule has 2 saturated carbocycles. The number of hydrogen-bond donors (Lipinski definition) is 2. The molecule has 0 bridgehead atoms. The van der Waals surface area contributed by atoms with E-state index in [1.54, 1.807) is 0 Å². The normalized spacial score (nSPS) is 24.6. The van der Waals surface area contributed by atoms with Gasteiger partial charge in [0, 0.05) is 25.7 Å². The summed E-state index contributed by atoms with van der Waals surface area (Å²) in [6.07, 6.45) is 4.62. The van der Waals surface area contributed by atoms with Gasteiger partial charge in [-0.2, -0.15) is 0 Å². The maximum atomic E-state index is 12.3. The van der Waals surface area contributed by atoms with Crippen molar-refractivity contribution in [3.63, 3.8) is 0 Å². The molecule has 1 aromatic rings. The van der Waals surface area contributed by atoms with E-state index in [4.69, 9.17) is 5.73 Å². The van der Waals surface area contributed by atoms with Crippen LogP contribution >= 0.6 is 0 Å². The Morgan fingerprint density at radius 1 is 1.19 bits per heavy atom. The van der Waals surface area contributed by atoms with E-state index in [9.17, 15) is 4.79 Å². The van der Waals surface area contributed by atoms with Crippen LogP contribution in [0.5, 0.6) is 0 Å². The van der Waals surface area contributed by atoms with Gasteiger partial charge >= 0.3 is 0 Å². The standard InChI is InChI=1S/C17H23N3O/c18-16(21)17(14-5-6-14,19-15-7-8-15)11-20-9-12-3-1-2-4-13(12)10-20/h1-4,14-15,19H,5-11H2,(H2,18,21). The molecule has 4 heteroatoms. The van der Waals surface area contributed by atoms with Gasteiger partial charge < -0.3 is 5.73 Å². The summed E-state index contributed by atoms with van der Waals surface area (Å²) in [6.45, 7) is 2.62. The minimum absolute atomic E-state index is 0.159. The second-order valence-corrected chi connectivity index (χ2v) is 6.94. The van der Waals surface area contributed by atoms with Gasteiger partial charge in [-0.25, -0.2) is 0 Å². The lowest BCUT2D eigenvalue weighted by atomic mass is 9.91. The van der Waals surface area contributed by atoms with Crippen molar-refractivity contribution in [2.75, 3.05) is 6.54 Å². The van der Waals surface area contributed by atoms with Crippen LogP contribution in [0.25, 0.3) is 0 Å². The lowest BCUT2D eigenvalue weighted by Gasteiger charge is -2.36. The molecule has 0 spiro atoms. The van der Waals surface area contributed by atoms with Crippen molar-refractivity contribution in [1.82, 2.24) is 10.2 Å². The zero-order chi connectivity index (χ0) is 14.4. The molecule has 1 heterocycles. The molecule has 1 amide bonds. The molecule has 112 valence electrons. The first kappa shape index (κ1) is 13.3. The van der Waals surface area contributed by atoms with Gasteiger partial charge in [-0.3, -0.25) is 15.0 Å². The molecule has 2 aliphatic carbocycles. The van der Waals surface area contributed by atoms with Crippen LogP contribution in [0.15, 0.2) is 24.3 Å². The number of nitrogens with two attached hydrogens (primary N) is 1. The van der Waals surface area contributed by atoms with E-state index in [1.165, 1.54) is 24.0 Å². The van der Waals surface area contributed by atoms with Crippen LogP contribution in [0.2, 0.25) is 0 Å². The van der Waals surface area contributed by atoms with Crippen LogP contribution in [0.3, 0.4) is 0 Å². The highest BCUT2D eigenvalue weighted by Gasteiger charge is 2.52. The number of nitrogens with one attached hydrogen (secondary N) is 1. The first-order valence-electron chi connectivity index (χ1n) is 8.04. The quantitative estimate of drug-likeness (QED) is 0.830. The van der Waals surface area contributed by atoms with Crippen molar-refractivity contribution in [1.29, 1.82) is 0 Å². The number of rotatable bonds is 6. The Labute approximate surface area is 125 Å². The predicted octanol–water partition coefficient (Wildman–Crippen LogP) is 1.39. The van der Waals surface area contributed by atoms with E-state index in [-0.39, 0.29) is 5.91 Å². The molecular weight excluding hydrogens is 262 g/mol. The fourth-order valence-corrected chi connectivity index (χ4v) is 3.68. The molecule has 3 N–H and O–H groups in total. The highest BCUT2D eigenvalue weighted by Crippen LogP contribution is 2.42. The SMILES string of the molecule is NC(=O)C(CN1Cc2ccccc2C1)(NC1CC1)C1CC1. The summed E-state index contributed by atoms with van der Waals surface area (Å²) in [7, 11) is 0. The highest BCUT2D eigenvalue weighted by atomic mass is 16.1. The van der Waals surface area contributed by atoms with Crippen LogP contribution in [0.4, 0.5) is 0 Å². The van der Waals surface area contributed by atoms with Gasteiger partial charge in [0.15, 0.2) is 0 Å². The fourth-order valence-electron chi connectivity index (χ4n) is 3.68. The van der Waals surface area contributed by atoms with Crippen molar-refractivity contribution in [2.24, 2.45) is 11.7 Å². The Morgan fingerprint density at radius 3 is 2.29 bits per heavy atom. The highest BCUT2D eigenvalue weighted by molar-refractivity contribution is 5.86. The summed E-state index contributed by atoms with van der Waals surface area (Å²) in [4.78, 5) is 14.6. The third-order valence-corrected chi connectivity index (χ3v) is 5.13. The van der Waals surface area contributed by atoms with Crippen LogP contribution in [0.1, 0.15) is 36.8 Å². The number of carbonyl (C=O) groups is 1. The van der Waals surface area contributed by atoms with Gasteiger partial charge in [-0.15, -0.1) is 0 Å². The summed E-state index contributed by atoms with van der Waals surface area (Å²) < 4.78 is 0. The van der Waals surface area contributed by atoms with E-state index in [1.807, 2.05) is 0 Å². The van der Waals surface area contributed by atoms with E-state index in [0.717, 1.165) is 32.5 Å². The van der Waals surface area contributed by atoms with Crippen molar-refractivity contribution in [3.8, 4) is 0 Å². The summed E-state index contributed by atoms with van der Waals surface area (Å²) >= 11 is 0. The van der Waals surface area contributed by atoms with E-state index in [2.05, 4.69) is 34.5 Å². The molecular formula is C17H23N3O. The Balaban J connectivity index is 1.54. The average molecular weight is 285 g/mol. The topological polar surface area (TPSA) is 58.4 Å². The zero-order valence-electron chi connectivity index (χ0n) is 12.3. The Morgan fingerprint density at radius 2 is 1.81 bits per heavy atom. The second kappa shape index (κ2) is 4.82. The second-order valence-electron chi connectivity index (χ2n) is 6.94. The Bertz CT molecular complexity index is 540. The molecule has 4 nitrogen and oxygen atoms in total. The van der Waals surface area contributed by atoms with Gasteiger partial charge in [0.1, 0.15) is 5.54 Å². The average Bonchev–Trinajstić information content (AvgIpc) is 3.35. The minimum atomic E-state index is -0.511. The van der Waals surface area contributed by atoms with Crippen molar-refractivity contribution >= 4 is 5.91 Å². The number of fused-ring (bicyclic) bond motifs is 1. The molecule has 0 saturated heterocycles. The number of benzene rings is 1. The molecule has 1 aliphatic heterocycles. The molecule has 21 heavy (non-hydrogen) atoms. The molecule has 1 atom stereocenters. The minimum Gasteiger partial charge on any atom is -0.368 e. The lowest BCUT2D eigenvalue weighted by Crippen LogP contribution is -2.63. The zero-order valence-corrected chi connectivity index (χ0v) is 12.3. The van der Waals surface area contributed by atoms with Crippen LogP contribution in [-0.4, -0.2) is 28.9 Å². The van der Waals surface area contributed by atoms with E-state index in [0.29, 0.717) is 12.0 Å². The van der Waals surface area contributed by atoms with Crippen LogP contribution in [0, 0.1) is 5.92 Å². The number of carbonyl (C=O) groups excluding carboxylic acids is 1. The monoisotopic (exact) mass is 285 g/mol. The molecule has 3 aliphatic rings. The fraction of sp³-hybridized carbons (Fsp3) is 0.588. The smallest absolute Gasteiger partial charge is 0.239 e. The summed E-state index contributed by atoms with van der Waals surface area (Å²) in [5.74, 6) is 0.271. The Hall–Kier alpha value is -1.39. The largest absolute Gasteiger partial charge is 0.368 e. The molecule has 1 aromatic carbocycles. The Kier molecular flexibility index (Phi) is 3.05. The van der Waals surface area contributed by atoms with E-state index < -0.39 is 5.54 Å². The lowest BCUT2D eigenvalue weighted by molar-refractivity contribution is -0.126. The van der Waals surface area contributed by atoms with Gasteiger partial charge in [0.05, 0.1) is 0 Å². The summed E-state index contributed by atoms with van der Waals surface area (Å²) in [5.41, 5.74) is 8.11. The maximum Gasteiger partial charge on any atom is 0.239 e. The molecule has 1 unspecified atom stereocenters.